The second-order valence-corrected chi connectivity index (χ2v) is 3.15. The highest BCUT2D eigenvalue weighted by Gasteiger charge is 2.13. The molecule has 1 aliphatic rings. The third kappa shape index (κ3) is 4.29. The topological polar surface area (TPSA) is 38.3 Å². The first-order valence-corrected chi connectivity index (χ1v) is 4.31. The van der Waals surface area contributed by atoms with Crippen LogP contribution in [0.2, 0.25) is 0 Å². The molecule has 1 N–H and O–H groups in total. The van der Waals surface area contributed by atoms with Crippen molar-refractivity contribution < 1.29 is 9.53 Å². The second kappa shape index (κ2) is 6.00. The average molecular weight is 206 g/mol. The molecule has 13 heavy (non-hydrogen) atoms. The third-order valence-electron chi connectivity index (χ3n) is 1.63. The third-order valence-corrected chi connectivity index (χ3v) is 1.63. The molecule has 1 aliphatic heterocycles. The minimum absolute atomic E-state index is 0. The van der Waals surface area contributed by atoms with Crippen molar-refractivity contribution in [3.05, 3.63) is 11.6 Å². The van der Waals surface area contributed by atoms with E-state index in [1.165, 1.54) is 0 Å². The number of carbonyl (C=O) groups is 1. The van der Waals surface area contributed by atoms with Crippen molar-refractivity contribution >= 4 is 18.4 Å². The largest absolute Gasteiger partial charge is 0.460 e. The first-order chi connectivity index (χ1) is 5.70. The molecule has 0 aliphatic carbocycles. The highest BCUT2D eigenvalue weighted by Crippen LogP contribution is 2.04. The van der Waals surface area contributed by atoms with Gasteiger partial charge in [0.05, 0.1) is 6.10 Å². The van der Waals surface area contributed by atoms with Crippen LogP contribution in [0.3, 0.4) is 0 Å². The number of rotatable bonds is 2. The Hall–Kier alpha value is -0.540. The van der Waals surface area contributed by atoms with Gasteiger partial charge >= 0.3 is 5.97 Å². The van der Waals surface area contributed by atoms with Gasteiger partial charge in [0, 0.05) is 12.1 Å². The molecule has 0 bridgehead atoms. The summed E-state index contributed by atoms with van der Waals surface area (Å²) in [5.74, 6) is -0.183. The number of halogens is 1. The summed E-state index contributed by atoms with van der Waals surface area (Å²) in [4.78, 5) is 11.3. The maximum atomic E-state index is 11.3. The monoisotopic (exact) mass is 205 g/mol. The molecular weight excluding hydrogens is 190 g/mol. The molecule has 1 rings (SSSR count). The number of hydrogen-bond donors (Lipinski definition) is 1. The molecule has 0 saturated heterocycles. The fourth-order valence-corrected chi connectivity index (χ4v) is 1.09. The number of carbonyl (C=O) groups excluding carboxylic acids is 1. The zero-order valence-electron chi connectivity index (χ0n) is 8.00. The molecule has 1 heterocycles. The Morgan fingerprint density at radius 2 is 2.31 bits per heavy atom. The van der Waals surface area contributed by atoms with Crippen LogP contribution in [-0.4, -0.2) is 25.2 Å². The Morgan fingerprint density at radius 1 is 1.62 bits per heavy atom. The Bertz CT molecular complexity index is 202. The number of nitrogens with one attached hydrogen (secondary N) is 1. The lowest BCUT2D eigenvalue weighted by Gasteiger charge is -2.14. The highest BCUT2D eigenvalue weighted by atomic mass is 35.5. The van der Waals surface area contributed by atoms with Crippen LogP contribution in [0, 0.1) is 0 Å². The number of hydrogen-bond acceptors (Lipinski definition) is 3. The van der Waals surface area contributed by atoms with E-state index in [0.717, 1.165) is 18.5 Å². The van der Waals surface area contributed by atoms with Gasteiger partial charge in [-0.05, 0) is 26.8 Å². The standard InChI is InChI=1S/C9H15NO2.ClH/c1-7(2)12-9(11)8-4-3-5-10-6-8;/h4,7,10H,3,5-6H2,1-2H3;1H. The summed E-state index contributed by atoms with van der Waals surface area (Å²) in [7, 11) is 0. The van der Waals surface area contributed by atoms with Gasteiger partial charge in [0.2, 0.25) is 0 Å². The molecule has 4 heteroatoms. The van der Waals surface area contributed by atoms with Gasteiger partial charge in [0.15, 0.2) is 0 Å². The Morgan fingerprint density at radius 3 is 2.77 bits per heavy atom. The maximum Gasteiger partial charge on any atom is 0.335 e. The van der Waals surface area contributed by atoms with E-state index < -0.39 is 0 Å². The van der Waals surface area contributed by atoms with E-state index in [4.69, 9.17) is 4.74 Å². The van der Waals surface area contributed by atoms with Crippen molar-refractivity contribution in [1.82, 2.24) is 5.32 Å². The fourth-order valence-electron chi connectivity index (χ4n) is 1.09. The first-order valence-electron chi connectivity index (χ1n) is 4.31. The van der Waals surface area contributed by atoms with E-state index in [0.29, 0.717) is 6.54 Å². The molecule has 0 saturated carbocycles. The molecule has 0 atom stereocenters. The van der Waals surface area contributed by atoms with Gasteiger partial charge in [-0.2, -0.15) is 0 Å². The van der Waals surface area contributed by atoms with Crippen LogP contribution in [0.4, 0.5) is 0 Å². The highest BCUT2D eigenvalue weighted by molar-refractivity contribution is 5.89. The minimum Gasteiger partial charge on any atom is -0.460 e. The predicted octanol–water partition coefficient (Wildman–Crippen LogP) is 1.28. The first kappa shape index (κ1) is 12.5. The lowest BCUT2D eigenvalue weighted by Crippen LogP contribution is -2.27. The lowest BCUT2D eigenvalue weighted by atomic mass is 10.1. The molecule has 76 valence electrons. The van der Waals surface area contributed by atoms with Crippen molar-refractivity contribution in [2.24, 2.45) is 0 Å². The Balaban J connectivity index is 0.00000144. The van der Waals surface area contributed by atoms with Gasteiger partial charge < -0.3 is 10.1 Å². The number of ether oxygens (including phenoxy) is 1. The van der Waals surface area contributed by atoms with E-state index in [-0.39, 0.29) is 24.5 Å². The second-order valence-electron chi connectivity index (χ2n) is 3.15. The molecule has 0 fully saturated rings. The Labute approximate surface area is 84.9 Å². The quantitative estimate of drug-likeness (QED) is 0.691. The van der Waals surface area contributed by atoms with Crippen LogP contribution in [0.5, 0.6) is 0 Å². The lowest BCUT2D eigenvalue weighted by molar-refractivity contribution is -0.142. The molecule has 0 aromatic rings. The summed E-state index contributed by atoms with van der Waals surface area (Å²) in [5, 5.41) is 3.12. The van der Waals surface area contributed by atoms with Crippen LogP contribution in [-0.2, 0) is 9.53 Å². The van der Waals surface area contributed by atoms with E-state index in [1.807, 2.05) is 19.9 Å². The molecular formula is C9H16ClNO2. The normalized spacial score (nSPS) is 16.1. The van der Waals surface area contributed by atoms with Gasteiger partial charge in [-0.15, -0.1) is 12.4 Å². The summed E-state index contributed by atoms with van der Waals surface area (Å²) in [6, 6.07) is 0. The molecule has 0 unspecified atom stereocenters. The minimum atomic E-state index is -0.183. The summed E-state index contributed by atoms with van der Waals surface area (Å²) in [6.07, 6.45) is 2.84. The van der Waals surface area contributed by atoms with E-state index in [2.05, 4.69) is 5.32 Å². The zero-order valence-corrected chi connectivity index (χ0v) is 8.82. The molecule has 0 radical (unpaired) electrons. The molecule has 0 aromatic carbocycles. The van der Waals surface area contributed by atoms with Crippen LogP contribution < -0.4 is 5.32 Å². The average Bonchev–Trinajstić information content (AvgIpc) is 2.05. The van der Waals surface area contributed by atoms with Crippen LogP contribution in [0.1, 0.15) is 20.3 Å². The van der Waals surface area contributed by atoms with Crippen molar-refractivity contribution in [3.8, 4) is 0 Å². The SMILES string of the molecule is CC(C)OC(=O)C1=CCCNC1.Cl. The van der Waals surface area contributed by atoms with Gasteiger partial charge in [-0.1, -0.05) is 6.08 Å². The summed E-state index contributed by atoms with van der Waals surface area (Å²) in [5.41, 5.74) is 0.759. The predicted molar refractivity (Wildman–Crippen MR) is 54.0 cm³/mol. The summed E-state index contributed by atoms with van der Waals surface area (Å²) < 4.78 is 5.04. The van der Waals surface area contributed by atoms with Gasteiger partial charge in [0.25, 0.3) is 0 Å². The van der Waals surface area contributed by atoms with Crippen molar-refractivity contribution in [3.63, 3.8) is 0 Å². The summed E-state index contributed by atoms with van der Waals surface area (Å²) >= 11 is 0. The molecule has 0 spiro atoms. The Kier molecular flexibility index (Phi) is 5.75. The molecule has 0 amide bonds. The fraction of sp³-hybridized carbons (Fsp3) is 0.667. The van der Waals surface area contributed by atoms with Crippen molar-refractivity contribution in [2.45, 2.75) is 26.4 Å². The van der Waals surface area contributed by atoms with Crippen LogP contribution >= 0.6 is 12.4 Å². The van der Waals surface area contributed by atoms with E-state index in [9.17, 15) is 4.79 Å². The smallest absolute Gasteiger partial charge is 0.335 e. The number of esters is 1. The van der Waals surface area contributed by atoms with Gasteiger partial charge in [-0.25, -0.2) is 4.79 Å². The summed E-state index contributed by atoms with van der Waals surface area (Å²) in [6.45, 7) is 5.31. The van der Waals surface area contributed by atoms with Crippen molar-refractivity contribution in [1.29, 1.82) is 0 Å². The maximum absolute atomic E-state index is 11.3. The zero-order chi connectivity index (χ0) is 8.97. The van der Waals surface area contributed by atoms with Gasteiger partial charge in [-0.3, -0.25) is 0 Å². The molecule has 0 aromatic heterocycles. The van der Waals surface area contributed by atoms with Crippen LogP contribution in [0.15, 0.2) is 11.6 Å². The van der Waals surface area contributed by atoms with Crippen LogP contribution in [0.25, 0.3) is 0 Å². The van der Waals surface area contributed by atoms with Gasteiger partial charge in [0.1, 0.15) is 0 Å². The van der Waals surface area contributed by atoms with E-state index in [1.54, 1.807) is 0 Å². The van der Waals surface area contributed by atoms with Crippen molar-refractivity contribution in [2.75, 3.05) is 13.1 Å². The van der Waals surface area contributed by atoms with E-state index >= 15 is 0 Å². The molecule has 3 nitrogen and oxygen atoms in total.